The molecular formula is C21H20F4N2O3. The van der Waals surface area contributed by atoms with Gasteiger partial charge in [-0.25, -0.2) is 9.18 Å². The topological polar surface area (TPSA) is 50.8 Å². The standard InChI is InChI=1S/C21H20F4N2O3/c1-29-19-8-15(12-3-2-4-14(7-12)21(23,24)25)16(22)9-18(19)27-17-5-6-26-10-13(17)11-30-20(27)28/h2-4,7-9,13,17,26H,5-6,10-11H2,1H3/t13-,17+/m1/s1. The maximum Gasteiger partial charge on any atom is 0.416 e. The number of methoxy groups -OCH3 is 1. The van der Waals surface area contributed by atoms with Crippen LogP contribution >= 0.6 is 0 Å². The van der Waals surface area contributed by atoms with E-state index >= 15 is 4.39 Å². The Hall–Kier alpha value is -2.81. The average molecular weight is 424 g/mol. The van der Waals surface area contributed by atoms with Crippen LogP contribution in [0.2, 0.25) is 0 Å². The smallest absolute Gasteiger partial charge is 0.416 e. The van der Waals surface area contributed by atoms with Crippen molar-refractivity contribution in [1.82, 2.24) is 5.32 Å². The fourth-order valence-corrected chi connectivity index (χ4v) is 4.06. The highest BCUT2D eigenvalue weighted by Gasteiger charge is 2.41. The van der Waals surface area contributed by atoms with E-state index in [0.29, 0.717) is 19.5 Å². The van der Waals surface area contributed by atoms with Gasteiger partial charge < -0.3 is 14.8 Å². The lowest BCUT2D eigenvalue weighted by Gasteiger charge is -2.43. The second-order valence-electron chi connectivity index (χ2n) is 7.35. The second-order valence-corrected chi connectivity index (χ2v) is 7.35. The summed E-state index contributed by atoms with van der Waals surface area (Å²) in [5.41, 5.74) is -0.658. The van der Waals surface area contributed by atoms with Crippen LogP contribution in [0.5, 0.6) is 5.75 Å². The minimum Gasteiger partial charge on any atom is -0.495 e. The van der Waals surface area contributed by atoms with Crippen molar-refractivity contribution in [2.24, 2.45) is 5.92 Å². The predicted molar refractivity (Wildman–Crippen MR) is 102 cm³/mol. The average Bonchev–Trinajstić information content (AvgIpc) is 2.73. The number of alkyl halides is 3. The van der Waals surface area contributed by atoms with E-state index in [0.717, 1.165) is 18.2 Å². The zero-order valence-corrected chi connectivity index (χ0v) is 16.1. The molecule has 2 aliphatic rings. The number of carbonyl (C=O) groups is 1. The number of nitrogens with zero attached hydrogens (tertiary/aromatic N) is 1. The Morgan fingerprint density at radius 3 is 2.77 bits per heavy atom. The lowest BCUT2D eigenvalue weighted by atomic mass is 9.91. The van der Waals surface area contributed by atoms with Crippen LogP contribution in [0.1, 0.15) is 12.0 Å². The number of halogens is 4. The summed E-state index contributed by atoms with van der Waals surface area (Å²) in [6, 6.07) is 6.69. The minimum atomic E-state index is -4.54. The largest absolute Gasteiger partial charge is 0.495 e. The first kappa shape index (κ1) is 20.5. The molecule has 5 nitrogen and oxygen atoms in total. The fraction of sp³-hybridized carbons (Fsp3) is 0.381. The molecule has 2 aromatic rings. The van der Waals surface area contributed by atoms with Crippen molar-refractivity contribution in [2.75, 3.05) is 31.7 Å². The molecule has 1 amide bonds. The van der Waals surface area contributed by atoms with E-state index in [9.17, 15) is 18.0 Å². The van der Waals surface area contributed by atoms with Crippen LogP contribution in [0.15, 0.2) is 36.4 Å². The lowest BCUT2D eigenvalue weighted by molar-refractivity contribution is -0.137. The Morgan fingerprint density at radius 1 is 1.23 bits per heavy atom. The summed E-state index contributed by atoms with van der Waals surface area (Å²) in [6.07, 6.45) is -4.47. The molecule has 2 atom stereocenters. The third kappa shape index (κ3) is 3.69. The van der Waals surface area contributed by atoms with Gasteiger partial charge in [-0.15, -0.1) is 0 Å². The first-order chi connectivity index (χ1) is 14.3. The first-order valence-corrected chi connectivity index (χ1v) is 9.51. The van der Waals surface area contributed by atoms with Gasteiger partial charge in [-0.3, -0.25) is 4.90 Å². The summed E-state index contributed by atoms with van der Waals surface area (Å²) in [7, 11) is 1.36. The zero-order valence-electron chi connectivity index (χ0n) is 16.1. The van der Waals surface area contributed by atoms with Crippen molar-refractivity contribution in [3.05, 3.63) is 47.8 Å². The maximum absolute atomic E-state index is 15.1. The molecule has 2 saturated heterocycles. The molecule has 160 valence electrons. The van der Waals surface area contributed by atoms with Crippen LogP contribution in [-0.2, 0) is 10.9 Å². The van der Waals surface area contributed by atoms with E-state index in [2.05, 4.69) is 5.32 Å². The number of anilines is 1. The van der Waals surface area contributed by atoms with Crippen LogP contribution in [0.25, 0.3) is 11.1 Å². The highest BCUT2D eigenvalue weighted by atomic mass is 19.4. The number of benzene rings is 2. The molecule has 0 saturated carbocycles. The highest BCUT2D eigenvalue weighted by Crippen LogP contribution is 2.41. The summed E-state index contributed by atoms with van der Waals surface area (Å²) >= 11 is 0. The molecule has 9 heteroatoms. The Balaban J connectivity index is 1.77. The quantitative estimate of drug-likeness (QED) is 0.740. The molecule has 2 heterocycles. The second kappa shape index (κ2) is 7.79. The van der Waals surface area contributed by atoms with Crippen molar-refractivity contribution in [2.45, 2.75) is 18.6 Å². The van der Waals surface area contributed by atoms with Crippen LogP contribution < -0.4 is 15.0 Å². The molecule has 2 aromatic carbocycles. The summed E-state index contributed by atoms with van der Waals surface area (Å²) in [5, 5.41) is 3.24. The number of hydrogen-bond donors (Lipinski definition) is 1. The normalized spacial score (nSPS) is 21.8. The highest BCUT2D eigenvalue weighted by molar-refractivity contribution is 5.92. The summed E-state index contributed by atoms with van der Waals surface area (Å²) in [5.74, 6) is -0.527. The number of fused-ring (bicyclic) bond motifs is 1. The van der Waals surface area contributed by atoms with Gasteiger partial charge in [0.15, 0.2) is 0 Å². The van der Waals surface area contributed by atoms with Gasteiger partial charge in [0.1, 0.15) is 11.6 Å². The van der Waals surface area contributed by atoms with E-state index in [4.69, 9.17) is 9.47 Å². The number of amides is 1. The molecule has 0 aromatic heterocycles. The van der Waals surface area contributed by atoms with E-state index in [1.165, 1.54) is 30.2 Å². The zero-order chi connectivity index (χ0) is 21.5. The molecule has 0 bridgehead atoms. The van der Waals surface area contributed by atoms with E-state index in [1.54, 1.807) is 0 Å². The van der Waals surface area contributed by atoms with Gasteiger partial charge in [-0.1, -0.05) is 12.1 Å². The molecule has 0 radical (unpaired) electrons. The van der Waals surface area contributed by atoms with Gasteiger partial charge in [0.25, 0.3) is 0 Å². The summed E-state index contributed by atoms with van der Waals surface area (Å²) < 4.78 is 64.9. The number of nitrogens with one attached hydrogen (secondary N) is 1. The van der Waals surface area contributed by atoms with Crippen molar-refractivity contribution in [1.29, 1.82) is 0 Å². The van der Waals surface area contributed by atoms with Crippen molar-refractivity contribution in [3.63, 3.8) is 0 Å². The molecule has 0 spiro atoms. The first-order valence-electron chi connectivity index (χ1n) is 9.51. The van der Waals surface area contributed by atoms with E-state index in [-0.39, 0.29) is 41.1 Å². The molecule has 0 unspecified atom stereocenters. The van der Waals surface area contributed by atoms with Gasteiger partial charge in [-0.05, 0) is 36.7 Å². The molecule has 2 aliphatic heterocycles. The number of ether oxygens (including phenoxy) is 2. The predicted octanol–water partition coefficient (Wildman–Crippen LogP) is 4.45. The Morgan fingerprint density at radius 2 is 2.03 bits per heavy atom. The monoisotopic (exact) mass is 424 g/mol. The molecule has 1 N–H and O–H groups in total. The van der Waals surface area contributed by atoms with Gasteiger partial charge in [0, 0.05) is 30.1 Å². The number of carbonyl (C=O) groups excluding carboxylic acids is 1. The van der Waals surface area contributed by atoms with Crippen LogP contribution in [0.3, 0.4) is 0 Å². The Labute approximate surface area is 170 Å². The maximum atomic E-state index is 15.1. The van der Waals surface area contributed by atoms with Crippen LogP contribution in [0, 0.1) is 11.7 Å². The van der Waals surface area contributed by atoms with Crippen LogP contribution in [-0.4, -0.2) is 38.9 Å². The van der Waals surface area contributed by atoms with Gasteiger partial charge >= 0.3 is 12.3 Å². The fourth-order valence-electron chi connectivity index (χ4n) is 4.06. The lowest BCUT2D eigenvalue weighted by Crippen LogP contribution is -2.57. The van der Waals surface area contributed by atoms with E-state index in [1.807, 2.05) is 0 Å². The third-order valence-corrected chi connectivity index (χ3v) is 5.55. The van der Waals surface area contributed by atoms with E-state index < -0.39 is 23.7 Å². The molecule has 0 aliphatic carbocycles. The molecule has 2 fully saturated rings. The summed E-state index contributed by atoms with van der Waals surface area (Å²) in [4.78, 5) is 13.9. The van der Waals surface area contributed by atoms with Crippen molar-refractivity contribution in [3.8, 4) is 16.9 Å². The number of hydrogen-bond acceptors (Lipinski definition) is 4. The summed E-state index contributed by atoms with van der Waals surface area (Å²) in [6.45, 7) is 1.65. The van der Waals surface area contributed by atoms with Gasteiger partial charge in [0.2, 0.25) is 0 Å². The third-order valence-electron chi connectivity index (χ3n) is 5.55. The Kier molecular flexibility index (Phi) is 5.31. The molecular weight excluding hydrogens is 404 g/mol. The minimum absolute atomic E-state index is 0.0473. The van der Waals surface area contributed by atoms with Crippen molar-refractivity contribution < 1.29 is 31.8 Å². The molecule has 4 rings (SSSR count). The Bertz CT molecular complexity index is 964. The number of piperidine rings is 1. The van der Waals surface area contributed by atoms with Crippen molar-refractivity contribution >= 4 is 11.8 Å². The molecule has 30 heavy (non-hydrogen) atoms. The number of rotatable bonds is 3. The van der Waals surface area contributed by atoms with Gasteiger partial charge in [-0.2, -0.15) is 13.2 Å². The van der Waals surface area contributed by atoms with Crippen LogP contribution in [0.4, 0.5) is 28.0 Å². The number of cyclic esters (lactones) is 1. The van der Waals surface area contributed by atoms with Gasteiger partial charge in [0.05, 0.1) is 25.0 Å². The SMILES string of the molecule is COc1cc(-c2cccc(C(F)(F)F)c2)c(F)cc1N1C(=O)OC[C@H]2CNCC[C@@H]21.